The van der Waals surface area contributed by atoms with Gasteiger partial charge in [-0.1, -0.05) is 0 Å². The van der Waals surface area contributed by atoms with Gasteiger partial charge in [0.25, 0.3) is 0 Å². The molecule has 0 fully saturated rings. The highest BCUT2D eigenvalue weighted by atomic mass is 16.3. The smallest absolute Gasteiger partial charge is 0.150 e. The molecule has 15 heavy (non-hydrogen) atoms. The number of fused-ring (bicyclic) bond motifs is 1. The van der Waals surface area contributed by atoms with Gasteiger partial charge in [-0.3, -0.25) is 0 Å². The summed E-state index contributed by atoms with van der Waals surface area (Å²) in [6.45, 7) is 5.30. The van der Waals surface area contributed by atoms with E-state index in [-0.39, 0.29) is 0 Å². The van der Waals surface area contributed by atoms with Crippen LogP contribution in [0.3, 0.4) is 0 Å². The highest BCUT2D eigenvalue weighted by molar-refractivity contribution is 5.60. The maximum absolute atomic E-state index is 5.71. The van der Waals surface area contributed by atoms with Gasteiger partial charge in [0.15, 0.2) is 5.76 Å². The van der Waals surface area contributed by atoms with E-state index in [1.807, 2.05) is 13.0 Å². The molecule has 2 nitrogen and oxygen atoms in total. The van der Waals surface area contributed by atoms with Crippen molar-refractivity contribution < 1.29 is 4.42 Å². The summed E-state index contributed by atoms with van der Waals surface area (Å²) < 4.78 is 8.11. The van der Waals surface area contributed by atoms with Crippen molar-refractivity contribution in [2.45, 2.75) is 33.2 Å². The van der Waals surface area contributed by atoms with E-state index in [2.05, 4.69) is 23.6 Å². The lowest BCUT2D eigenvalue weighted by Crippen LogP contribution is -1.95. The van der Waals surface area contributed by atoms with E-state index in [9.17, 15) is 0 Å². The third kappa shape index (κ3) is 1.24. The van der Waals surface area contributed by atoms with Crippen molar-refractivity contribution in [1.29, 1.82) is 0 Å². The summed E-state index contributed by atoms with van der Waals surface area (Å²) in [7, 11) is 0. The predicted molar refractivity (Wildman–Crippen MR) is 59.9 cm³/mol. The fraction of sp³-hybridized carbons (Fsp3) is 0.385. The Kier molecular flexibility index (Phi) is 1.78. The van der Waals surface area contributed by atoms with Crippen LogP contribution in [-0.4, -0.2) is 4.57 Å². The monoisotopic (exact) mass is 201 g/mol. The topological polar surface area (TPSA) is 18.1 Å². The molecule has 1 aliphatic heterocycles. The number of hydrogen-bond donors (Lipinski definition) is 0. The van der Waals surface area contributed by atoms with E-state index in [1.54, 1.807) is 0 Å². The maximum atomic E-state index is 5.71. The van der Waals surface area contributed by atoms with Gasteiger partial charge in [-0.2, -0.15) is 0 Å². The minimum absolute atomic E-state index is 0.984. The van der Waals surface area contributed by atoms with E-state index in [0.717, 1.165) is 18.1 Å². The first kappa shape index (κ1) is 8.84. The van der Waals surface area contributed by atoms with Crippen LogP contribution >= 0.6 is 0 Å². The molecular weight excluding hydrogens is 186 g/mol. The van der Waals surface area contributed by atoms with Crippen LogP contribution in [-0.2, 0) is 13.0 Å². The average molecular weight is 201 g/mol. The van der Waals surface area contributed by atoms with E-state index < -0.39 is 0 Å². The molecule has 0 unspecified atom stereocenters. The molecule has 0 aliphatic carbocycles. The van der Waals surface area contributed by atoms with Gasteiger partial charge < -0.3 is 8.98 Å². The first-order chi connectivity index (χ1) is 7.25. The minimum atomic E-state index is 0.984. The lowest BCUT2D eigenvalue weighted by Gasteiger charge is -2.04. The van der Waals surface area contributed by atoms with Crippen LogP contribution in [0.4, 0.5) is 0 Å². The molecule has 0 amide bonds. The Morgan fingerprint density at radius 3 is 2.87 bits per heavy atom. The van der Waals surface area contributed by atoms with E-state index in [0.29, 0.717) is 0 Å². The molecule has 0 radical (unpaired) electrons. The van der Waals surface area contributed by atoms with E-state index in [4.69, 9.17) is 4.42 Å². The molecule has 0 saturated carbocycles. The molecule has 0 N–H and O–H groups in total. The molecule has 1 aliphatic rings. The number of furan rings is 1. The third-order valence-corrected chi connectivity index (χ3v) is 3.16. The third-order valence-electron chi connectivity index (χ3n) is 3.16. The minimum Gasteiger partial charge on any atom is -0.460 e. The quantitative estimate of drug-likeness (QED) is 0.692. The van der Waals surface area contributed by atoms with E-state index >= 15 is 0 Å². The van der Waals surface area contributed by atoms with Crippen LogP contribution in [0.25, 0.3) is 11.5 Å². The molecule has 0 bridgehead atoms. The molecule has 2 aromatic heterocycles. The Balaban J connectivity index is 2.19. The largest absolute Gasteiger partial charge is 0.460 e. The van der Waals surface area contributed by atoms with Crippen molar-refractivity contribution in [2.24, 2.45) is 0 Å². The summed E-state index contributed by atoms with van der Waals surface area (Å²) in [5.41, 5.74) is 4.06. The number of rotatable bonds is 1. The van der Waals surface area contributed by atoms with Gasteiger partial charge >= 0.3 is 0 Å². The molecular formula is C13H15NO. The first-order valence-corrected chi connectivity index (χ1v) is 5.51. The molecule has 2 heteroatoms. The summed E-state index contributed by atoms with van der Waals surface area (Å²) in [5.74, 6) is 2.00. The Morgan fingerprint density at radius 1 is 1.27 bits per heavy atom. The zero-order valence-electron chi connectivity index (χ0n) is 9.21. The van der Waals surface area contributed by atoms with Crippen LogP contribution in [0.5, 0.6) is 0 Å². The van der Waals surface area contributed by atoms with Crippen LogP contribution < -0.4 is 0 Å². The highest BCUT2D eigenvalue weighted by Gasteiger charge is 2.19. The Hall–Kier alpha value is -1.44. The first-order valence-electron chi connectivity index (χ1n) is 5.51. The predicted octanol–water partition coefficient (Wildman–Crippen LogP) is 3.31. The molecule has 3 heterocycles. The second-order valence-corrected chi connectivity index (χ2v) is 4.33. The van der Waals surface area contributed by atoms with Crippen molar-refractivity contribution in [3.8, 4) is 11.5 Å². The van der Waals surface area contributed by atoms with Gasteiger partial charge in [0.1, 0.15) is 5.76 Å². The van der Waals surface area contributed by atoms with Crippen LogP contribution in [0.2, 0.25) is 0 Å². The van der Waals surface area contributed by atoms with Crippen LogP contribution in [0, 0.1) is 13.8 Å². The second kappa shape index (κ2) is 3.02. The summed E-state index contributed by atoms with van der Waals surface area (Å²) in [6.07, 6.45) is 2.48. The molecule has 0 aromatic carbocycles. The highest BCUT2D eigenvalue weighted by Crippen LogP contribution is 2.32. The SMILES string of the molecule is Cc1ccc(-c2c(C)cc3n2CCC3)o1. The molecule has 78 valence electrons. The van der Waals surface area contributed by atoms with Crippen LogP contribution in [0.15, 0.2) is 22.6 Å². The van der Waals surface area contributed by atoms with Crippen molar-refractivity contribution in [3.63, 3.8) is 0 Å². The molecule has 0 spiro atoms. The number of hydrogen-bond acceptors (Lipinski definition) is 1. The molecule has 0 atom stereocenters. The van der Waals surface area contributed by atoms with Gasteiger partial charge in [0.05, 0.1) is 5.69 Å². The average Bonchev–Trinajstić information content (AvgIpc) is 2.81. The number of aryl methyl sites for hydroxylation is 3. The van der Waals surface area contributed by atoms with Gasteiger partial charge in [-0.05, 0) is 50.5 Å². The number of aromatic nitrogens is 1. The van der Waals surface area contributed by atoms with E-state index in [1.165, 1.54) is 29.8 Å². The molecule has 3 rings (SSSR count). The Morgan fingerprint density at radius 2 is 2.13 bits per heavy atom. The molecule has 2 aromatic rings. The molecule has 0 saturated heterocycles. The zero-order valence-corrected chi connectivity index (χ0v) is 9.21. The van der Waals surface area contributed by atoms with Gasteiger partial charge in [0, 0.05) is 12.2 Å². The summed E-state index contributed by atoms with van der Waals surface area (Å²) in [6, 6.07) is 6.40. The fourth-order valence-corrected chi connectivity index (χ4v) is 2.52. The zero-order chi connectivity index (χ0) is 10.4. The summed E-state index contributed by atoms with van der Waals surface area (Å²) in [5, 5.41) is 0. The van der Waals surface area contributed by atoms with Crippen molar-refractivity contribution in [1.82, 2.24) is 4.57 Å². The lowest BCUT2D eigenvalue weighted by molar-refractivity contribution is 0.541. The summed E-state index contributed by atoms with van der Waals surface area (Å²) >= 11 is 0. The van der Waals surface area contributed by atoms with Crippen molar-refractivity contribution in [3.05, 3.63) is 35.2 Å². The van der Waals surface area contributed by atoms with Crippen molar-refractivity contribution in [2.75, 3.05) is 0 Å². The van der Waals surface area contributed by atoms with Gasteiger partial charge in [0.2, 0.25) is 0 Å². The maximum Gasteiger partial charge on any atom is 0.150 e. The Labute approximate surface area is 89.5 Å². The van der Waals surface area contributed by atoms with Crippen molar-refractivity contribution >= 4 is 0 Å². The Bertz CT molecular complexity index is 505. The number of nitrogens with zero attached hydrogens (tertiary/aromatic N) is 1. The fourth-order valence-electron chi connectivity index (χ4n) is 2.52. The van der Waals surface area contributed by atoms with Gasteiger partial charge in [-0.25, -0.2) is 0 Å². The van der Waals surface area contributed by atoms with Gasteiger partial charge in [-0.15, -0.1) is 0 Å². The second-order valence-electron chi connectivity index (χ2n) is 4.33. The lowest BCUT2D eigenvalue weighted by atomic mass is 10.2. The summed E-state index contributed by atoms with van der Waals surface area (Å²) in [4.78, 5) is 0. The van der Waals surface area contributed by atoms with Crippen LogP contribution in [0.1, 0.15) is 23.4 Å². The standard InChI is InChI=1S/C13H15NO/c1-9-8-11-4-3-7-14(11)13(9)12-6-5-10(2)15-12/h5-6,8H,3-4,7H2,1-2H3. The normalized spacial score (nSPS) is 14.5.